The standard InChI is InChI=1S/C32H35F2N3O6/c1-32(31(40)41)9-7-21(8-10-32)43-25-14-22(26(42-2)13-20(25)15-35)29(38)37-28-19-5-4-18(12-19)27(28)30(39)36-16-17-3-6-23(33)24(34)11-17/h3,6,11,13-14,18-19,21,27-28H,4-5,7-10,12,16H2,1-2H3,(H,36,39)(H,37,38)(H,40,41). The van der Waals surface area contributed by atoms with E-state index in [1.807, 2.05) is 0 Å². The van der Waals surface area contributed by atoms with Gasteiger partial charge in [0.25, 0.3) is 5.91 Å². The van der Waals surface area contributed by atoms with Crippen LogP contribution in [0.25, 0.3) is 0 Å². The molecule has 9 nitrogen and oxygen atoms in total. The van der Waals surface area contributed by atoms with Crippen molar-refractivity contribution < 1.29 is 37.7 Å². The number of halogens is 2. The van der Waals surface area contributed by atoms with Crippen LogP contribution in [0.3, 0.4) is 0 Å². The number of aliphatic carboxylic acids is 1. The van der Waals surface area contributed by atoms with Crippen molar-refractivity contribution in [2.75, 3.05) is 7.11 Å². The van der Waals surface area contributed by atoms with Crippen LogP contribution in [0.15, 0.2) is 30.3 Å². The van der Waals surface area contributed by atoms with Gasteiger partial charge in [0.2, 0.25) is 5.91 Å². The fraction of sp³-hybridized carbons (Fsp3) is 0.500. The number of nitrogens with zero attached hydrogens (tertiary/aromatic N) is 1. The number of ether oxygens (including phenoxy) is 2. The van der Waals surface area contributed by atoms with Crippen LogP contribution >= 0.6 is 0 Å². The zero-order valence-corrected chi connectivity index (χ0v) is 24.1. The molecule has 3 saturated carbocycles. The summed E-state index contributed by atoms with van der Waals surface area (Å²) in [5.74, 6) is -3.41. The number of nitriles is 1. The molecule has 2 aromatic carbocycles. The number of carbonyl (C=O) groups excluding carboxylic acids is 2. The second kappa shape index (κ2) is 12.2. The van der Waals surface area contributed by atoms with Crippen LogP contribution in [0, 0.1) is 46.1 Å². The molecule has 3 aliphatic rings. The van der Waals surface area contributed by atoms with Gasteiger partial charge < -0.3 is 25.2 Å². The van der Waals surface area contributed by atoms with E-state index in [-0.39, 0.29) is 53.0 Å². The number of fused-ring (bicyclic) bond motifs is 2. The number of rotatable bonds is 9. The maximum Gasteiger partial charge on any atom is 0.309 e. The van der Waals surface area contributed by atoms with E-state index in [2.05, 4.69) is 16.7 Å². The third-order valence-electron chi connectivity index (χ3n) is 9.48. The maximum atomic E-state index is 13.7. The van der Waals surface area contributed by atoms with Crippen molar-refractivity contribution in [2.45, 2.75) is 70.6 Å². The maximum absolute atomic E-state index is 13.7. The molecule has 4 atom stereocenters. The minimum Gasteiger partial charge on any atom is -0.496 e. The lowest BCUT2D eigenvalue weighted by Gasteiger charge is -2.34. The Morgan fingerprint density at radius 3 is 2.42 bits per heavy atom. The summed E-state index contributed by atoms with van der Waals surface area (Å²) >= 11 is 0. The Labute approximate surface area is 248 Å². The molecule has 3 fully saturated rings. The number of methoxy groups -OCH3 is 1. The van der Waals surface area contributed by atoms with Gasteiger partial charge in [-0.05, 0) is 87.5 Å². The third kappa shape index (κ3) is 6.14. The second-order valence-corrected chi connectivity index (χ2v) is 12.2. The Hall–Kier alpha value is -4.20. The molecule has 2 bridgehead atoms. The van der Waals surface area contributed by atoms with Crippen molar-refractivity contribution in [3.05, 3.63) is 58.7 Å². The highest BCUT2D eigenvalue weighted by Crippen LogP contribution is 2.49. The van der Waals surface area contributed by atoms with Gasteiger partial charge in [-0.15, -0.1) is 0 Å². The Balaban J connectivity index is 1.31. The Morgan fingerprint density at radius 1 is 1.05 bits per heavy atom. The van der Waals surface area contributed by atoms with E-state index in [4.69, 9.17) is 9.47 Å². The lowest BCUT2D eigenvalue weighted by molar-refractivity contribution is -0.150. The SMILES string of the molecule is COc1cc(C#N)c(OC2CCC(C)(C(=O)O)CC2)cc1C(=O)NC1C2CCC(C2)C1C(=O)NCc1ccc(F)c(F)c1. The molecular formula is C32H35F2N3O6. The Bertz CT molecular complexity index is 1470. The summed E-state index contributed by atoms with van der Waals surface area (Å²) in [5.41, 5.74) is -0.0427. The molecular weight excluding hydrogens is 560 g/mol. The summed E-state index contributed by atoms with van der Waals surface area (Å²) in [6.07, 6.45) is 4.08. The van der Waals surface area contributed by atoms with Gasteiger partial charge in [0, 0.05) is 18.7 Å². The highest BCUT2D eigenvalue weighted by Gasteiger charge is 2.51. The van der Waals surface area contributed by atoms with Crippen molar-refractivity contribution in [1.29, 1.82) is 5.26 Å². The van der Waals surface area contributed by atoms with Gasteiger partial charge in [0.1, 0.15) is 17.6 Å². The molecule has 0 saturated heterocycles. The van der Waals surface area contributed by atoms with E-state index >= 15 is 0 Å². The minimum atomic E-state index is -0.987. The number of hydrogen-bond donors (Lipinski definition) is 3. The molecule has 43 heavy (non-hydrogen) atoms. The first-order valence-corrected chi connectivity index (χ1v) is 14.6. The van der Waals surface area contributed by atoms with E-state index in [0.717, 1.165) is 31.4 Å². The largest absolute Gasteiger partial charge is 0.496 e. The fourth-order valence-corrected chi connectivity index (χ4v) is 6.89. The zero-order valence-electron chi connectivity index (χ0n) is 24.1. The van der Waals surface area contributed by atoms with Crippen molar-refractivity contribution in [2.24, 2.45) is 23.2 Å². The smallest absolute Gasteiger partial charge is 0.309 e. The van der Waals surface area contributed by atoms with Crippen LogP contribution in [0.5, 0.6) is 11.5 Å². The van der Waals surface area contributed by atoms with E-state index in [1.165, 1.54) is 25.3 Å². The number of hydrogen-bond acceptors (Lipinski definition) is 6. The van der Waals surface area contributed by atoms with E-state index in [1.54, 1.807) is 6.92 Å². The number of benzene rings is 2. The summed E-state index contributed by atoms with van der Waals surface area (Å²) in [6.45, 7) is 1.75. The first kappa shape index (κ1) is 30.3. The molecule has 4 unspecified atom stereocenters. The quantitative estimate of drug-likeness (QED) is 0.382. The van der Waals surface area contributed by atoms with Gasteiger partial charge in [0.05, 0.1) is 35.7 Å². The van der Waals surface area contributed by atoms with Crippen molar-refractivity contribution in [3.8, 4) is 17.6 Å². The van der Waals surface area contributed by atoms with Crippen molar-refractivity contribution >= 4 is 17.8 Å². The lowest BCUT2D eigenvalue weighted by atomic mass is 9.75. The molecule has 3 aliphatic carbocycles. The normalized spacial score (nSPS) is 27.7. The van der Waals surface area contributed by atoms with Crippen LogP contribution in [-0.2, 0) is 16.1 Å². The molecule has 0 aliphatic heterocycles. The van der Waals surface area contributed by atoms with Gasteiger partial charge in [-0.25, -0.2) is 8.78 Å². The molecule has 11 heteroatoms. The van der Waals surface area contributed by atoms with Crippen LogP contribution in [-0.4, -0.2) is 42.1 Å². The molecule has 0 aromatic heterocycles. The Morgan fingerprint density at radius 2 is 1.77 bits per heavy atom. The molecule has 228 valence electrons. The number of amides is 2. The topological polar surface area (TPSA) is 138 Å². The van der Waals surface area contributed by atoms with Gasteiger partial charge in [-0.2, -0.15) is 5.26 Å². The first-order chi connectivity index (χ1) is 20.5. The fourth-order valence-electron chi connectivity index (χ4n) is 6.89. The summed E-state index contributed by atoms with van der Waals surface area (Å²) in [4.78, 5) is 38.6. The highest BCUT2D eigenvalue weighted by atomic mass is 19.2. The zero-order chi connectivity index (χ0) is 30.9. The lowest BCUT2D eigenvalue weighted by Crippen LogP contribution is -2.49. The van der Waals surface area contributed by atoms with Crippen LogP contribution in [0.4, 0.5) is 8.78 Å². The third-order valence-corrected chi connectivity index (χ3v) is 9.48. The second-order valence-electron chi connectivity index (χ2n) is 12.2. The summed E-state index contributed by atoms with van der Waals surface area (Å²) in [7, 11) is 1.40. The summed E-state index contributed by atoms with van der Waals surface area (Å²) in [6, 6.07) is 8.04. The Kier molecular flexibility index (Phi) is 8.58. The van der Waals surface area contributed by atoms with E-state index in [9.17, 15) is 33.5 Å². The van der Waals surface area contributed by atoms with Gasteiger partial charge in [0.15, 0.2) is 11.6 Å². The molecule has 2 aromatic rings. The molecule has 0 spiro atoms. The number of nitrogens with one attached hydrogen (secondary N) is 2. The first-order valence-electron chi connectivity index (χ1n) is 14.6. The molecule has 5 rings (SSSR count). The average molecular weight is 596 g/mol. The van der Waals surface area contributed by atoms with E-state index < -0.39 is 40.9 Å². The predicted octanol–water partition coefficient (Wildman–Crippen LogP) is 4.72. The minimum absolute atomic E-state index is 0.0293. The average Bonchev–Trinajstić information content (AvgIpc) is 3.60. The summed E-state index contributed by atoms with van der Waals surface area (Å²) in [5, 5.41) is 25.2. The molecule has 3 N–H and O–H groups in total. The van der Waals surface area contributed by atoms with Gasteiger partial charge in [-0.3, -0.25) is 14.4 Å². The van der Waals surface area contributed by atoms with E-state index in [0.29, 0.717) is 31.2 Å². The van der Waals surface area contributed by atoms with Crippen molar-refractivity contribution in [3.63, 3.8) is 0 Å². The van der Waals surface area contributed by atoms with Gasteiger partial charge in [-0.1, -0.05) is 6.07 Å². The molecule has 2 amide bonds. The number of carbonyl (C=O) groups is 3. The van der Waals surface area contributed by atoms with Crippen LogP contribution < -0.4 is 20.1 Å². The predicted molar refractivity (Wildman–Crippen MR) is 150 cm³/mol. The summed E-state index contributed by atoms with van der Waals surface area (Å²) < 4.78 is 38.5. The number of carboxylic acid groups (broad SMARTS) is 1. The molecule has 0 radical (unpaired) electrons. The van der Waals surface area contributed by atoms with Crippen molar-refractivity contribution in [1.82, 2.24) is 10.6 Å². The highest BCUT2D eigenvalue weighted by molar-refractivity contribution is 5.98. The van der Waals surface area contributed by atoms with Crippen LogP contribution in [0.1, 0.15) is 73.4 Å². The number of carboxylic acids is 1. The molecule has 0 heterocycles. The van der Waals surface area contributed by atoms with Gasteiger partial charge >= 0.3 is 5.97 Å². The monoisotopic (exact) mass is 595 g/mol. The van der Waals surface area contributed by atoms with Crippen LogP contribution in [0.2, 0.25) is 0 Å².